The van der Waals surface area contributed by atoms with Crippen molar-refractivity contribution in [3.05, 3.63) is 34.6 Å². The van der Waals surface area contributed by atoms with Gasteiger partial charge >= 0.3 is 0 Å². The van der Waals surface area contributed by atoms with Crippen LogP contribution in [0.5, 0.6) is 0 Å². The largest absolute Gasteiger partial charge is 0.352 e. The fraction of sp³-hybridized carbons (Fsp3) is 0.357. The van der Waals surface area contributed by atoms with Crippen molar-refractivity contribution in [2.24, 2.45) is 0 Å². The number of aryl methyl sites for hydroxylation is 1. The van der Waals surface area contributed by atoms with Gasteiger partial charge in [-0.1, -0.05) is 22.0 Å². The van der Waals surface area contributed by atoms with Crippen LogP contribution in [0.15, 0.2) is 29.0 Å². The Kier molecular flexibility index (Phi) is 3.93. The van der Waals surface area contributed by atoms with Gasteiger partial charge in [-0.15, -0.1) is 10.2 Å². The first kappa shape index (κ1) is 13.5. The molecular formula is C14H16BrN5. The molecule has 1 aliphatic rings. The first-order valence-corrected chi connectivity index (χ1v) is 7.45. The second kappa shape index (κ2) is 5.85. The number of piperazine rings is 1. The predicted molar refractivity (Wildman–Crippen MR) is 82.8 cm³/mol. The number of benzene rings is 1. The SMILES string of the molecule is Cc1ccc(Br)cc1-c1nncnc1N1CCNCC1. The highest BCUT2D eigenvalue weighted by Crippen LogP contribution is 2.30. The Morgan fingerprint density at radius 2 is 2.05 bits per heavy atom. The summed E-state index contributed by atoms with van der Waals surface area (Å²) in [5.41, 5.74) is 3.11. The van der Waals surface area contributed by atoms with Crippen LogP contribution in [-0.4, -0.2) is 41.4 Å². The van der Waals surface area contributed by atoms with Gasteiger partial charge in [0, 0.05) is 36.2 Å². The minimum atomic E-state index is 0.855. The highest BCUT2D eigenvalue weighted by atomic mass is 79.9. The van der Waals surface area contributed by atoms with Crippen LogP contribution in [0.2, 0.25) is 0 Å². The third-order valence-corrected chi connectivity index (χ3v) is 3.97. The molecule has 0 bridgehead atoms. The molecule has 0 saturated carbocycles. The van der Waals surface area contributed by atoms with E-state index in [1.54, 1.807) is 0 Å². The van der Waals surface area contributed by atoms with Gasteiger partial charge in [0.05, 0.1) is 0 Å². The fourth-order valence-electron chi connectivity index (χ4n) is 2.40. The molecule has 2 heterocycles. The van der Waals surface area contributed by atoms with Crippen LogP contribution < -0.4 is 10.2 Å². The summed E-state index contributed by atoms with van der Waals surface area (Å²) < 4.78 is 1.04. The second-order valence-electron chi connectivity index (χ2n) is 4.83. The van der Waals surface area contributed by atoms with Gasteiger partial charge in [0.15, 0.2) is 5.82 Å². The molecule has 0 amide bonds. The molecule has 2 aromatic rings. The summed E-state index contributed by atoms with van der Waals surface area (Å²) in [6, 6.07) is 6.19. The van der Waals surface area contributed by atoms with E-state index in [0.29, 0.717) is 0 Å². The van der Waals surface area contributed by atoms with Gasteiger partial charge < -0.3 is 10.2 Å². The molecule has 1 aliphatic heterocycles. The lowest BCUT2D eigenvalue weighted by molar-refractivity contribution is 0.583. The number of hydrogen-bond donors (Lipinski definition) is 1. The van der Waals surface area contributed by atoms with Crippen LogP contribution in [0.4, 0.5) is 5.82 Å². The van der Waals surface area contributed by atoms with E-state index in [-0.39, 0.29) is 0 Å². The van der Waals surface area contributed by atoms with Gasteiger partial charge in [-0.2, -0.15) is 0 Å². The van der Waals surface area contributed by atoms with Gasteiger partial charge in [-0.3, -0.25) is 0 Å². The molecule has 0 spiro atoms. The smallest absolute Gasteiger partial charge is 0.159 e. The number of hydrogen-bond acceptors (Lipinski definition) is 5. The third kappa shape index (κ3) is 2.66. The maximum atomic E-state index is 4.46. The van der Waals surface area contributed by atoms with Crippen molar-refractivity contribution >= 4 is 21.7 Å². The van der Waals surface area contributed by atoms with Crippen molar-refractivity contribution in [3.8, 4) is 11.3 Å². The highest BCUT2D eigenvalue weighted by Gasteiger charge is 2.19. The summed E-state index contributed by atoms with van der Waals surface area (Å²) >= 11 is 3.52. The molecule has 3 rings (SSSR count). The topological polar surface area (TPSA) is 53.9 Å². The predicted octanol–water partition coefficient (Wildman–Crippen LogP) is 2.02. The normalized spacial score (nSPS) is 15.4. The Morgan fingerprint density at radius 3 is 2.85 bits per heavy atom. The first-order chi connectivity index (χ1) is 9.75. The molecule has 1 fully saturated rings. The fourth-order valence-corrected chi connectivity index (χ4v) is 2.76. The van der Waals surface area contributed by atoms with Crippen molar-refractivity contribution in [2.45, 2.75) is 6.92 Å². The zero-order chi connectivity index (χ0) is 13.9. The lowest BCUT2D eigenvalue weighted by Gasteiger charge is -2.29. The molecule has 1 aromatic heterocycles. The van der Waals surface area contributed by atoms with E-state index in [1.165, 1.54) is 11.9 Å². The molecule has 0 atom stereocenters. The maximum absolute atomic E-state index is 4.46. The van der Waals surface area contributed by atoms with Crippen molar-refractivity contribution in [3.63, 3.8) is 0 Å². The van der Waals surface area contributed by atoms with E-state index in [1.807, 2.05) is 6.07 Å². The lowest BCUT2D eigenvalue weighted by atomic mass is 10.1. The van der Waals surface area contributed by atoms with Crippen molar-refractivity contribution < 1.29 is 0 Å². The van der Waals surface area contributed by atoms with E-state index in [4.69, 9.17) is 0 Å². The van der Waals surface area contributed by atoms with E-state index in [9.17, 15) is 0 Å². The summed E-state index contributed by atoms with van der Waals surface area (Å²) in [7, 11) is 0. The molecule has 1 N–H and O–H groups in total. The summed E-state index contributed by atoms with van der Waals surface area (Å²) in [4.78, 5) is 6.72. The van der Waals surface area contributed by atoms with Crippen LogP contribution >= 0.6 is 15.9 Å². The van der Waals surface area contributed by atoms with Crippen LogP contribution in [-0.2, 0) is 0 Å². The van der Waals surface area contributed by atoms with Gasteiger partial charge in [0.1, 0.15) is 12.0 Å². The average molecular weight is 334 g/mol. The van der Waals surface area contributed by atoms with Crippen LogP contribution in [0.1, 0.15) is 5.56 Å². The summed E-state index contributed by atoms with van der Waals surface area (Å²) in [6.45, 7) is 5.91. The Bertz CT molecular complexity index is 610. The maximum Gasteiger partial charge on any atom is 0.159 e. The van der Waals surface area contributed by atoms with Crippen molar-refractivity contribution in [1.29, 1.82) is 0 Å². The summed E-state index contributed by atoms with van der Waals surface area (Å²) in [5.74, 6) is 0.919. The van der Waals surface area contributed by atoms with Crippen molar-refractivity contribution in [2.75, 3.05) is 31.1 Å². The molecule has 6 heteroatoms. The van der Waals surface area contributed by atoms with Gasteiger partial charge in [-0.25, -0.2) is 4.98 Å². The molecule has 20 heavy (non-hydrogen) atoms. The number of rotatable bonds is 2. The molecule has 0 aliphatic carbocycles. The average Bonchev–Trinajstić information content (AvgIpc) is 2.51. The Hall–Kier alpha value is -1.53. The molecule has 104 valence electrons. The molecule has 1 aromatic carbocycles. The van der Waals surface area contributed by atoms with E-state index < -0.39 is 0 Å². The summed E-state index contributed by atoms with van der Waals surface area (Å²) in [5, 5.41) is 11.7. The molecular weight excluding hydrogens is 318 g/mol. The Morgan fingerprint density at radius 1 is 1.25 bits per heavy atom. The quantitative estimate of drug-likeness (QED) is 0.911. The Labute approximate surface area is 126 Å². The Balaban J connectivity index is 2.07. The van der Waals surface area contributed by atoms with Crippen molar-refractivity contribution in [1.82, 2.24) is 20.5 Å². The van der Waals surface area contributed by atoms with E-state index in [2.05, 4.69) is 60.4 Å². The second-order valence-corrected chi connectivity index (χ2v) is 5.74. The lowest BCUT2D eigenvalue weighted by Crippen LogP contribution is -2.44. The number of nitrogens with one attached hydrogen (secondary N) is 1. The number of halogens is 1. The molecule has 0 unspecified atom stereocenters. The number of nitrogens with zero attached hydrogens (tertiary/aromatic N) is 4. The zero-order valence-electron chi connectivity index (χ0n) is 11.3. The standard InChI is InChI=1S/C14H16BrN5/c1-10-2-3-11(15)8-12(10)13-14(17-9-18-19-13)20-6-4-16-5-7-20/h2-3,8-9,16H,4-7H2,1H3. The summed E-state index contributed by atoms with van der Waals surface area (Å²) in [6.07, 6.45) is 1.52. The minimum Gasteiger partial charge on any atom is -0.352 e. The minimum absolute atomic E-state index is 0.855. The third-order valence-electron chi connectivity index (χ3n) is 3.47. The molecule has 0 radical (unpaired) electrons. The van der Waals surface area contributed by atoms with Crippen LogP contribution in [0.25, 0.3) is 11.3 Å². The van der Waals surface area contributed by atoms with Crippen LogP contribution in [0.3, 0.4) is 0 Å². The zero-order valence-corrected chi connectivity index (χ0v) is 12.9. The van der Waals surface area contributed by atoms with Gasteiger partial charge in [-0.05, 0) is 24.6 Å². The van der Waals surface area contributed by atoms with Gasteiger partial charge in [0.25, 0.3) is 0 Å². The highest BCUT2D eigenvalue weighted by molar-refractivity contribution is 9.10. The monoisotopic (exact) mass is 333 g/mol. The van der Waals surface area contributed by atoms with E-state index in [0.717, 1.165) is 47.7 Å². The van der Waals surface area contributed by atoms with Crippen LogP contribution in [0, 0.1) is 6.92 Å². The first-order valence-electron chi connectivity index (χ1n) is 6.65. The molecule has 1 saturated heterocycles. The molecule has 5 nitrogen and oxygen atoms in total. The number of anilines is 1. The number of aromatic nitrogens is 3. The van der Waals surface area contributed by atoms with E-state index >= 15 is 0 Å². The van der Waals surface area contributed by atoms with Gasteiger partial charge in [0.2, 0.25) is 0 Å².